The Labute approximate surface area is 182 Å². The van der Waals surface area contributed by atoms with Gasteiger partial charge in [-0.1, -0.05) is 12.1 Å². The van der Waals surface area contributed by atoms with Gasteiger partial charge in [-0.05, 0) is 46.6 Å². The van der Waals surface area contributed by atoms with Crippen LogP contribution in [0.5, 0.6) is 11.5 Å². The van der Waals surface area contributed by atoms with E-state index in [4.69, 9.17) is 9.47 Å². The standard InChI is InChI=1S/C23H32N4O4/c1-15(2)27-21(24-25(5)22(27)29)17-9-7-11-26(13-17)19(28)14-30-18-10-6-8-16-12-23(3,4)31-20(16)18/h6,8,10,15,17H,7,9,11-14H2,1-5H3. The van der Waals surface area contributed by atoms with Crippen LogP contribution < -0.4 is 15.2 Å². The first-order valence-corrected chi connectivity index (χ1v) is 11.0. The molecule has 0 aliphatic carbocycles. The second-order valence-corrected chi connectivity index (χ2v) is 9.48. The van der Waals surface area contributed by atoms with Gasteiger partial charge in [0.2, 0.25) is 0 Å². The molecular formula is C23H32N4O4. The minimum Gasteiger partial charge on any atom is -0.483 e. The molecule has 8 nitrogen and oxygen atoms in total. The average Bonchev–Trinajstić information content (AvgIpc) is 3.21. The SMILES string of the molecule is CC(C)n1c(C2CCCN(C(=O)COc3cccc4c3OC(C)(C)C4)C2)nn(C)c1=O. The van der Waals surface area contributed by atoms with Crippen LogP contribution in [0.1, 0.15) is 63.9 Å². The number of piperidine rings is 1. The summed E-state index contributed by atoms with van der Waals surface area (Å²) in [7, 11) is 1.67. The van der Waals surface area contributed by atoms with E-state index < -0.39 is 0 Å². The first-order chi connectivity index (χ1) is 14.7. The van der Waals surface area contributed by atoms with E-state index in [2.05, 4.69) is 5.10 Å². The highest BCUT2D eigenvalue weighted by Gasteiger charge is 2.33. The molecule has 1 amide bonds. The molecule has 0 N–H and O–H groups in total. The lowest BCUT2D eigenvalue weighted by Crippen LogP contribution is -2.42. The van der Waals surface area contributed by atoms with Crippen LogP contribution in [0.15, 0.2) is 23.0 Å². The zero-order valence-corrected chi connectivity index (χ0v) is 19.1. The average molecular weight is 429 g/mol. The van der Waals surface area contributed by atoms with Crippen molar-refractivity contribution in [3.8, 4) is 11.5 Å². The van der Waals surface area contributed by atoms with Crippen LogP contribution in [0.4, 0.5) is 0 Å². The van der Waals surface area contributed by atoms with E-state index in [0.29, 0.717) is 18.8 Å². The number of hydrogen-bond donors (Lipinski definition) is 0. The number of carbonyl (C=O) groups is 1. The molecule has 1 saturated heterocycles. The number of amides is 1. The lowest BCUT2D eigenvalue weighted by atomic mass is 9.97. The van der Waals surface area contributed by atoms with Crippen LogP contribution in [0.2, 0.25) is 0 Å². The Bertz CT molecular complexity index is 1040. The van der Waals surface area contributed by atoms with Crippen LogP contribution >= 0.6 is 0 Å². The van der Waals surface area contributed by atoms with E-state index in [9.17, 15) is 9.59 Å². The maximum Gasteiger partial charge on any atom is 0.345 e. The number of aryl methyl sites for hydroxylation is 1. The third-order valence-corrected chi connectivity index (χ3v) is 6.04. The van der Waals surface area contributed by atoms with Crippen molar-refractivity contribution in [2.75, 3.05) is 19.7 Å². The van der Waals surface area contributed by atoms with Gasteiger partial charge in [0.05, 0.1) is 0 Å². The topological polar surface area (TPSA) is 78.6 Å². The smallest absolute Gasteiger partial charge is 0.345 e. The molecule has 2 aromatic rings. The third-order valence-electron chi connectivity index (χ3n) is 6.04. The molecule has 0 saturated carbocycles. The van der Waals surface area contributed by atoms with Crippen molar-refractivity contribution in [3.63, 3.8) is 0 Å². The second kappa shape index (κ2) is 8.05. The predicted octanol–water partition coefficient (Wildman–Crippen LogP) is 2.66. The molecule has 168 valence electrons. The highest BCUT2D eigenvalue weighted by atomic mass is 16.5. The number of carbonyl (C=O) groups excluding carboxylic acids is 1. The van der Waals surface area contributed by atoms with Crippen LogP contribution in [-0.2, 0) is 18.3 Å². The van der Waals surface area contributed by atoms with Crippen molar-refractivity contribution < 1.29 is 14.3 Å². The first-order valence-electron chi connectivity index (χ1n) is 11.0. The van der Waals surface area contributed by atoms with Gasteiger partial charge in [-0.15, -0.1) is 0 Å². The van der Waals surface area contributed by atoms with Crippen LogP contribution in [-0.4, -0.2) is 50.5 Å². The molecule has 0 bridgehead atoms. The number of ether oxygens (including phenoxy) is 2. The lowest BCUT2D eigenvalue weighted by Gasteiger charge is -2.32. The minimum atomic E-state index is -0.263. The Kier molecular flexibility index (Phi) is 5.58. The van der Waals surface area contributed by atoms with Crippen molar-refractivity contribution in [2.24, 2.45) is 7.05 Å². The number of benzene rings is 1. The fourth-order valence-electron chi connectivity index (χ4n) is 4.61. The van der Waals surface area contributed by atoms with Gasteiger partial charge < -0.3 is 14.4 Å². The molecule has 0 spiro atoms. The number of aromatic nitrogens is 3. The number of fused-ring (bicyclic) bond motifs is 1. The molecule has 2 aliphatic rings. The number of nitrogens with zero attached hydrogens (tertiary/aromatic N) is 4. The summed E-state index contributed by atoms with van der Waals surface area (Å²) in [5, 5.41) is 4.48. The van der Waals surface area contributed by atoms with Gasteiger partial charge in [-0.3, -0.25) is 9.36 Å². The van der Waals surface area contributed by atoms with Gasteiger partial charge in [-0.25, -0.2) is 9.48 Å². The molecular weight excluding hydrogens is 396 g/mol. The summed E-state index contributed by atoms with van der Waals surface area (Å²) in [5.41, 5.74) is 0.730. The van der Waals surface area contributed by atoms with E-state index in [-0.39, 0.29) is 35.8 Å². The van der Waals surface area contributed by atoms with Crippen molar-refractivity contribution in [3.05, 3.63) is 40.1 Å². The van der Waals surface area contributed by atoms with Crippen molar-refractivity contribution >= 4 is 5.91 Å². The Balaban J connectivity index is 1.44. The Hall–Kier alpha value is -2.77. The molecule has 31 heavy (non-hydrogen) atoms. The van der Waals surface area contributed by atoms with Crippen LogP contribution in [0, 0.1) is 0 Å². The fraction of sp³-hybridized carbons (Fsp3) is 0.609. The molecule has 8 heteroatoms. The van der Waals surface area contributed by atoms with Gasteiger partial charge in [0, 0.05) is 44.1 Å². The Morgan fingerprint density at radius 1 is 1.35 bits per heavy atom. The molecule has 1 atom stereocenters. The highest BCUT2D eigenvalue weighted by Crippen LogP contribution is 2.41. The Morgan fingerprint density at radius 3 is 2.87 bits per heavy atom. The number of rotatable bonds is 5. The lowest BCUT2D eigenvalue weighted by molar-refractivity contribution is -0.134. The molecule has 1 aromatic carbocycles. The molecule has 1 unspecified atom stereocenters. The van der Waals surface area contributed by atoms with E-state index in [1.165, 1.54) is 4.68 Å². The number of para-hydroxylation sites is 1. The van der Waals surface area contributed by atoms with Crippen molar-refractivity contribution in [1.82, 2.24) is 19.2 Å². The highest BCUT2D eigenvalue weighted by molar-refractivity contribution is 5.78. The summed E-state index contributed by atoms with van der Waals surface area (Å²) < 4.78 is 15.0. The van der Waals surface area contributed by atoms with Gasteiger partial charge in [0.15, 0.2) is 18.1 Å². The van der Waals surface area contributed by atoms with Crippen LogP contribution in [0.3, 0.4) is 0 Å². The summed E-state index contributed by atoms with van der Waals surface area (Å²) in [6, 6.07) is 5.85. The zero-order valence-electron chi connectivity index (χ0n) is 19.1. The summed E-state index contributed by atoms with van der Waals surface area (Å²) in [6.07, 6.45) is 2.60. The maximum absolute atomic E-state index is 12.9. The number of hydrogen-bond acceptors (Lipinski definition) is 5. The fourth-order valence-corrected chi connectivity index (χ4v) is 4.61. The molecule has 4 rings (SSSR count). The quantitative estimate of drug-likeness (QED) is 0.732. The van der Waals surface area contributed by atoms with E-state index >= 15 is 0 Å². The van der Waals surface area contributed by atoms with Gasteiger partial charge in [0.25, 0.3) is 5.91 Å². The predicted molar refractivity (Wildman–Crippen MR) is 117 cm³/mol. The van der Waals surface area contributed by atoms with E-state index in [0.717, 1.165) is 36.4 Å². The number of likely N-dealkylation sites (tertiary alicyclic amines) is 1. The summed E-state index contributed by atoms with van der Waals surface area (Å²) in [6.45, 7) is 9.25. The third kappa shape index (κ3) is 4.20. The van der Waals surface area contributed by atoms with Gasteiger partial charge in [-0.2, -0.15) is 5.10 Å². The van der Waals surface area contributed by atoms with Gasteiger partial charge >= 0.3 is 5.69 Å². The maximum atomic E-state index is 12.9. The van der Waals surface area contributed by atoms with Crippen molar-refractivity contribution in [2.45, 2.75) is 64.5 Å². The van der Waals surface area contributed by atoms with Crippen molar-refractivity contribution in [1.29, 1.82) is 0 Å². The second-order valence-electron chi connectivity index (χ2n) is 9.48. The molecule has 1 aromatic heterocycles. The molecule has 1 fully saturated rings. The van der Waals surface area contributed by atoms with E-state index in [1.54, 1.807) is 11.6 Å². The largest absolute Gasteiger partial charge is 0.483 e. The Morgan fingerprint density at radius 2 is 2.13 bits per heavy atom. The normalized spacial score (nSPS) is 19.9. The zero-order chi connectivity index (χ0) is 22.3. The monoisotopic (exact) mass is 428 g/mol. The molecule has 2 aliphatic heterocycles. The summed E-state index contributed by atoms with van der Waals surface area (Å²) in [5.74, 6) is 2.10. The minimum absolute atomic E-state index is 0.0232. The van der Waals surface area contributed by atoms with E-state index in [1.807, 2.05) is 50.8 Å². The van der Waals surface area contributed by atoms with Crippen LogP contribution in [0.25, 0.3) is 0 Å². The first kappa shape index (κ1) is 21.5. The van der Waals surface area contributed by atoms with Gasteiger partial charge in [0.1, 0.15) is 11.4 Å². The summed E-state index contributed by atoms with van der Waals surface area (Å²) in [4.78, 5) is 27.2. The molecule has 0 radical (unpaired) electrons. The molecule has 3 heterocycles. The summed E-state index contributed by atoms with van der Waals surface area (Å²) >= 11 is 0.